The Morgan fingerprint density at radius 1 is 1.33 bits per heavy atom. The van der Waals surface area contributed by atoms with Crippen molar-refractivity contribution in [3.63, 3.8) is 0 Å². The summed E-state index contributed by atoms with van der Waals surface area (Å²) in [4.78, 5) is 23.0. The van der Waals surface area contributed by atoms with E-state index in [9.17, 15) is 9.59 Å². The number of rotatable bonds is 8. The predicted octanol–water partition coefficient (Wildman–Crippen LogP) is 2.24. The molecule has 0 saturated heterocycles. The standard InChI is InChI=1S/C16H23NO4/c1-11(2)9-14(16(19)20)17-15(18)8-7-12-5-4-6-13(10-12)21-3/h4-6,10-11,14H,7-9H2,1-3H3,(H,17,18)(H,19,20)/t14-/m0/s1. The van der Waals surface area contributed by atoms with E-state index < -0.39 is 12.0 Å². The molecule has 0 fully saturated rings. The zero-order chi connectivity index (χ0) is 15.8. The maximum Gasteiger partial charge on any atom is 0.326 e. The minimum atomic E-state index is -0.988. The van der Waals surface area contributed by atoms with Crippen molar-refractivity contribution < 1.29 is 19.4 Å². The minimum absolute atomic E-state index is 0.213. The molecule has 1 amide bonds. The van der Waals surface area contributed by atoms with Crippen molar-refractivity contribution in [3.05, 3.63) is 29.8 Å². The molecule has 21 heavy (non-hydrogen) atoms. The van der Waals surface area contributed by atoms with Crippen LogP contribution in [0, 0.1) is 5.92 Å². The molecule has 0 aliphatic carbocycles. The van der Waals surface area contributed by atoms with Crippen molar-refractivity contribution in [2.24, 2.45) is 5.92 Å². The van der Waals surface area contributed by atoms with Gasteiger partial charge in [-0.15, -0.1) is 0 Å². The highest BCUT2D eigenvalue weighted by molar-refractivity contribution is 5.83. The number of amides is 1. The maximum absolute atomic E-state index is 11.9. The molecule has 0 saturated carbocycles. The van der Waals surface area contributed by atoms with Gasteiger partial charge in [-0.25, -0.2) is 4.79 Å². The number of carbonyl (C=O) groups excluding carboxylic acids is 1. The Kier molecular flexibility index (Phi) is 6.72. The van der Waals surface area contributed by atoms with Crippen molar-refractivity contribution in [3.8, 4) is 5.75 Å². The minimum Gasteiger partial charge on any atom is -0.497 e. The number of hydrogen-bond acceptors (Lipinski definition) is 3. The lowest BCUT2D eigenvalue weighted by atomic mass is 10.0. The van der Waals surface area contributed by atoms with Gasteiger partial charge in [-0.05, 0) is 36.5 Å². The third-order valence-corrected chi connectivity index (χ3v) is 3.12. The van der Waals surface area contributed by atoms with Crippen molar-refractivity contribution in [2.45, 2.75) is 39.2 Å². The van der Waals surface area contributed by atoms with Gasteiger partial charge in [-0.1, -0.05) is 26.0 Å². The number of aliphatic carboxylic acids is 1. The van der Waals surface area contributed by atoms with Crippen LogP contribution in [-0.2, 0) is 16.0 Å². The topological polar surface area (TPSA) is 75.6 Å². The first-order valence-electron chi connectivity index (χ1n) is 7.07. The average molecular weight is 293 g/mol. The van der Waals surface area contributed by atoms with E-state index in [0.29, 0.717) is 12.8 Å². The number of carbonyl (C=O) groups is 2. The Bertz CT molecular complexity index is 485. The third kappa shape index (κ3) is 6.29. The van der Waals surface area contributed by atoms with Gasteiger partial charge in [0.1, 0.15) is 11.8 Å². The maximum atomic E-state index is 11.9. The zero-order valence-corrected chi connectivity index (χ0v) is 12.8. The lowest BCUT2D eigenvalue weighted by Crippen LogP contribution is -2.41. The van der Waals surface area contributed by atoms with Crippen molar-refractivity contribution in [1.29, 1.82) is 0 Å². The van der Waals surface area contributed by atoms with Crippen LogP contribution < -0.4 is 10.1 Å². The number of ether oxygens (including phenoxy) is 1. The fraction of sp³-hybridized carbons (Fsp3) is 0.500. The van der Waals surface area contributed by atoms with Gasteiger partial charge in [-0.3, -0.25) is 4.79 Å². The molecule has 1 atom stereocenters. The molecule has 1 rings (SSSR count). The number of benzene rings is 1. The van der Waals surface area contributed by atoms with E-state index in [1.807, 2.05) is 38.1 Å². The fourth-order valence-electron chi connectivity index (χ4n) is 2.05. The molecule has 0 aromatic heterocycles. The van der Waals surface area contributed by atoms with Crippen LogP contribution in [0.25, 0.3) is 0 Å². The molecule has 0 aliphatic rings. The Labute approximate surface area is 125 Å². The highest BCUT2D eigenvalue weighted by Gasteiger charge is 2.20. The van der Waals surface area contributed by atoms with Crippen LogP contribution in [0.4, 0.5) is 0 Å². The summed E-state index contributed by atoms with van der Waals surface area (Å²) in [6.45, 7) is 3.86. The van der Waals surface area contributed by atoms with Gasteiger partial charge < -0.3 is 15.2 Å². The summed E-state index contributed by atoms with van der Waals surface area (Å²) in [6.07, 6.45) is 1.24. The smallest absolute Gasteiger partial charge is 0.326 e. The van der Waals surface area contributed by atoms with Crippen molar-refractivity contribution in [1.82, 2.24) is 5.32 Å². The third-order valence-electron chi connectivity index (χ3n) is 3.12. The first-order chi connectivity index (χ1) is 9.92. The summed E-state index contributed by atoms with van der Waals surface area (Å²) in [5, 5.41) is 11.7. The lowest BCUT2D eigenvalue weighted by Gasteiger charge is -2.16. The molecule has 5 heteroatoms. The van der Waals surface area contributed by atoms with Gasteiger partial charge in [0.25, 0.3) is 0 Å². The molecule has 0 bridgehead atoms. The van der Waals surface area contributed by atoms with Crippen LogP contribution in [0.5, 0.6) is 5.75 Å². The molecule has 0 radical (unpaired) electrons. The predicted molar refractivity (Wildman–Crippen MR) is 80.3 cm³/mol. The van der Waals surface area contributed by atoms with Crippen LogP contribution in [0.15, 0.2) is 24.3 Å². The first kappa shape index (κ1) is 17.0. The summed E-state index contributed by atoms with van der Waals surface area (Å²) in [5.74, 6) is -0.273. The number of carboxylic acid groups (broad SMARTS) is 1. The van der Waals surface area contributed by atoms with Gasteiger partial charge in [0.05, 0.1) is 7.11 Å². The fourth-order valence-corrected chi connectivity index (χ4v) is 2.05. The second-order valence-corrected chi connectivity index (χ2v) is 5.44. The summed E-state index contributed by atoms with van der Waals surface area (Å²) in [7, 11) is 1.59. The van der Waals surface area contributed by atoms with Crippen LogP contribution in [-0.4, -0.2) is 30.1 Å². The van der Waals surface area contributed by atoms with Crippen molar-refractivity contribution in [2.75, 3.05) is 7.11 Å². The molecule has 2 N–H and O–H groups in total. The molecular formula is C16H23NO4. The Morgan fingerprint density at radius 2 is 2.05 bits per heavy atom. The molecule has 1 aromatic carbocycles. The molecule has 0 aliphatic heterocycles. The molecule has 0 heterocycles. The molecule has 0 unspecified atom stereocenters. The van der Waals surface area contributed by atoms with Crippen LogP contribution >= 0.6 is 0 Å². The molecule has 1 aromatic rings. The summed E-state index contributed by atoms with van der Waals surface area (Å²) in [5.41, 5.74) is 0.986. The van der Waals surface area contributed by atoms with Gasteiger partial charge in [0.2, 0.25) is 5.91 Å². The largest absolute Gasteiger partial charge is 0.497 e. The van der Waals surface area contributed by atoms with Crippen molar-refractivity contribution >= 4 is 11.9 Å². The normalized spacial score (nSPS) is 12.0. The molecular weight excluding hydrogens is 270 g/mol. The van der Waals surface area contributed by atoms with E-state index in [0.717, 1.165) is 11.3 Å². The van der Waals surface area contributed by atoms with Gasteiger partial charge >= 0.3 is 5.97 Å². The lowest BCUT2D eigenvalue weighted by molar-refractivity contribution is -0.142. The SMILES string of the molecule is COc1cccc(CCC(=O)N[C@@H](CC(C)C)C(=O)O)c1. The number of aryl methyl sites for hydroxylation is 1. The molecule has 0 spiro atoms. The molecule has 116 valence electrons. The number of nitrogens with one attached hydrogen (secondary N) is 1. The Morgan fingerprint density at radius 3 is 2.62 bits per heavy atom. The monoisotopic (exact) mass is 293 g/mol. The van der Waals surface area contributed by atoms with Gasteiger partial charge in [-0.2, -0.15) is 0 Å². The van der Waals surface area contributed by atoms with E-state index in [2.05, 4.69) is 5.32 Å². The average Bonchev–Trinajstić information content (AvgIpc) is 2.44. The number of methoxy groups -OCH3 is 1. The zero-order valence-electron chi connectivity index (χ0n) is 12.8. The Hall–Kier alpha value is -2.04. The van der Waals surface area contributed by atoms with E-state index in [1.165, 1.54) is 0 Å². The summed E-state index contributed by atoms with van der Waals surface area (Å²) >= 11 is 0. The second kappa shape index (κ2) is 8.29. The summed E-state index contributed by atoms with van der Waals surface area (Å²) in [6, 6.07) is 6.68. The summed E-state index contributed by atoms with van der Waals surface area (Å²) < 4.78 is 5.12. The first-order valence-corrected chi connectivity index (χ1v) is 7.07. The van der Waals surface area contributed by atoms with E-state index in [1.54, 1.807) is 7.11 Å². The Balaban J connectivity index is 2.50. The van der Waals surface area contributed by atoms with Gasteiger partial charge in [0.15, 0.2) is 0 Å². The highest BCUT2D eigenvalue weighted by atomic mass is 16.5. The van der Waals surface area contributed by atoms with Crippen LogP contribution in [0.2, 0.25) is 0 Å². The van der Waals surface area contributed by atoms with Crippen LogP contribution in [0.3, 0.4) is 0 Å². The van der Waals surface area contributed by atoms with E-state index in [-0.39, 0.29) is 18.2 Å². The highest BCUT2D eigenvalue weighted by Crippen LogP contribution is 2.14. The van der Waals surface area contributed by atoms with Crippen LogP contribution in [0.1, 0.15) is 32.3 Å². The number of hydrogen-bond donors (Lipinski definition) is 2. The van der Waals surface area contributed by atoms with E-state index in [4.69, 9.17) is 9.84 Å². The van der Waals surface area contributed by atoms with Gasteiger partial charge in [0, 0.05) is 6.42 Å². The number of carboxylic acids is 1. The second-order valence-electron chi connectivity index (χ2n) is 5.44. The van der Waals surface area contributed by atoms with E-state index >= 15 is 0 Å². The molecule has 5 nitrogen and oxygen atoms in total. The quantitative estimate of drug-likeness (QED) is 0.770.